The summed E-state index contributed by atoms with van der Waals surface area (Å²) in [5, 5.41) is 18.7. The van der Waals surface area contributed by atoms with Crippen molar-refractivity contribution in [2.45, 2.75) is 82.3 Å². The molecule has 1 aromatic carbocycles. The van der Waals surface area contributed by atoms with Crippen LogP contribution in [0.2, 0.25) is 0 Å². The number of piperidine rings is 2. The SMILES string of the molecule is CC1CCN(S(=O)(=O)c2ccc(NC3CC(C)(C)NC(C)(C)C3)c([N+](=O)[O-])c2)CC1. The smallest absolute Gasteiger partial charge is 0.293 e. The van der Waals surface area contributed by atoms with E-state index in [4.69, 9.17) is 0 Å². The number of rotatable bonds is 5. The highest BCUT2D eigenvalue weighted by molar-refractivity contribution is 7.89. The van der Waals surface area contributed by atoms with Gasteiger partial charge in [0.1, 0.15) is 5.69 Å². The van der Waals surface area contributed by atoms with Gasteiger partial charge in [-0.3, -0.25) is 10.1 Å². The number of nitro groups is 1. The lowest BCUT2D eigenvalue weighted by Crippen LogP contribution is -2.60. The van der Waals surface area contributed by atoms with Gasteiger partial charge in [-0.15, -0.1) is 0 Å². The summed E-state index contributed by atoms with van der Waals surface area (Å²) in [6.45, 7) is 11.5. The summed E-state index contributed by atoms with van der Waals surface area (Å²) >= 11 is 0. The second-order valence-electron chi connectivity index (χ2n) is 10.2. The third kappa shape index (κ3) is 5.12. The summed E-state index contributed by atoms with van der Waals surface area (Å²) in [7, 11) is -3.74. The van der Waals surface area contributed by atoms with Crippen LogP contribution in [0.4, 0.5) is 11.4 Å². The summed E-state index contributed by atoms with van der Waals surface area (Å²) in [6.07, 6.45) is 3.23. The number of nitrogens with zero attached hydrogens (tertiary/aromatic N) is 2. The summed E-state index contributed by atoms with van der Waals surface area (Å²) in [4.78, 5) is 11.2. The number of benzene rings is 1. The van der Waals surface area contributed by atoms with Gasteiger partial charge >= 0.3 is 0 Å². The molecule has 0 radical (unpaired) electrons. The molecule has 2 fully saturated rings. The number of hydrogen-bond donors (Lipinski definition) is 2. The summed E-state index contributed by atoms with van der Waals surface area (Å²) in [5.74, 6) is 0.496. The minimum absolute atomic E-state index is 0.0136. The fourth-order valence-electron chi connectivity index (χ4n) is 4.96. The van der Waals surface area contributed by atoms with Crippen LogP contribution in [-0.4, -0.2) is 47.9 Å². The maximum atomic E-state index is 13.0. The molecule has 9 heteroatoms. The molecular weight excluding hydrogens is 404 g/mol. The average molecular weight is 439 g/mol. The van der Waals surface area contributed by atoms with Gasteiger partial charge in [0.2, 0.25) is 10.0 Å². The lowest BCUT2D eigenvalue weighted by atomic mass is 9.79. The first-order valence-corrected chi connectivity index (χ1v) is 12.1. The molecular formula is C21H34N4O4S. The van der Waals surface area contributed by atoms with Crippen LogP contribution in [0.1, 0.15) is 60.3 Å². The summed E-state index contributed by atoms with van der Waals surface area (Å²) in [5.41, 5.74) is -0.0496. The molecule has 2 aliphatic heterocycles. The van der Waals surface area contributed by atoms with Crippen LogP contribution in [0.25, 0.3) is 0 Å². The molecule has 0 spiro atoms. The maximum absolute atomic E-state index is 13.0. The molecule has 0 bridgehead atoms. The van der Waals surface area contributed by atoms with Crippen molar-refractivity contribution >= 4 is 21.4 Å². The molecule has 0 amide bonds. The van der Waals surface area contributed by atoms with Crippen LogP contribution < -0.4 is 10.6 Å². The zero-order chi connectivity index (χ0) is 22.3. The Bertz CT molecular complexity index is 890. The molecule has 2 N–H and O–H groups in total. The fourth-order valence-corrected chi connectivity index (χ4v) is 6.45. The van der Waals surface area contributed by atoms with E-state index in [1.54, 1.807) is 6.07 Å². The zero-order valence-electron chi connectivity index (χ0n) is 18.6. The predicted molar refractivity (Wildman–Crippen MR) is 118 cm³/mol. The number of hydrogen-bond acceptors (Lipinski definition) is 6. The first kappa shape index (κ1) is 23.0. The predicted octanol–water partition coefficient (Wildman–Crippen LogP) is 3.74. The Kier molecular flexibility index (Phi) is 6.19. The van der Waals surface area contributed by atoms with Gasteiger partial charge in [-0.05, 0) is 71.4 Å². The highest BCUT2D eigenvalue weighted by Crippen LogP contribution is 2.35. The van der Waals surface area contributed by atoms with Crippen molar-refractivity contribution < 1.29 is 13.3 Å². The number of sulfonamides is 1. The van der Waals surface area contributed by atoms with Crippen LogP contribution in [0.3, 0.4) is 0 Å². The van der Waals surface area contributed by atoms with Gasteiger partial charge in [0.15, 0.2) is 0 Å². The van der Waals surface area contributed by atoms with Crippen LogP contribution in [0.15, 0.2) is 23.1 Å². The van der Waals surface area contributed by atoms with Crippen molar-refractivity contribution in [3.05, 3.63) is 28.3 Å². The highest BCUT2D eigenvalue weighted by atomic mass is 32.2. The molecule has 168 valence electrons. The highest BCUT2D eigenvalue weighted by Gasteiger charge is 2.38. The van der Waals surface area contributed by atoms with Gasteiger partial charge < -0.3 is 10.6 Å². The molecule has 3 rings (SSSR count). The second-order valence-corrected chi connectivity index (χ2v) is 12.1. The third-order valence-electron chi connectivity index (χ3n) is 6.10. The molecule has 1 aromatic rings. The maximum Gasteiger partial charge on any atom is 0.293 e. The Morgan fingerprint density at radius 2 is 1.70 bits per heavy atom. The Balaban J connectivity index is 1.86. The van der Waals surface area contributed by atoms with Crippen molar-refractivity contribution in [3.8, 4) is 0 Å². The Hall–Kier alpha value is -1.71. The molecule has 0 saturated carbocycles. The van der Waals surface area contributed by atoms with E-state index in [9.17, 15) is 18.5 Å². The van der Waals surface area contributed by atoms with Crippen molar-refractivity contribution in [3.63, 3.8) is 0 Å². The Morgan fingerprint density at radius 1 is 1.13 bits per heavy atom. The molecule has 2 aliphatic rings. The van der Waals surface area contributed by atoms with Crippen molar-refractivity contribution in [2.75, 3.05) is 18.4 Å². The van der Waals surface area contributed by atoms with Crippen LogP contribution in [-0.2, 0) is 10.0 Å². The van der Waals surface area contributed by atoms with Crippen LogP contribution in [0.5, 0.6) is 0 Å². The molecule has 0 aromatic heterocycles. The molecule has 0 atom stereocenters. The molecule has 0 aliphatic carbocycles. The number of nitrogens with one attached hydrogen (secondary N) is 2. The minimum atomic E-state index is -3.74. The van der Waals surface area contributed by atoms with Gasteiger partial charge in [-0.1, -0.05) is 6.92 Å². The monoisotopic (exact) mass is 438 g/mol. The molecule has 0 unspecified atom stereocenters. The van der Waals surface area contributed by atoms with Gasteiger partial charge in [0.05, 0.1) is 9.82 Å². The van der Waals surface area contributed by atoms with Crippen molar-refractivity contribution in [1.82, 2.24) is 9.62 Å². The van der Waals surface area contributed by atoms with Crippen LogP contribution in [0, 0.1) is 16.0 Å². The van der Waals surface area contributed by atoms with Gasteiger partial charge in [-0.2, -0.15) is 4.31 Å². The van der Waals surface area contributed by atoms with E-state index in [-0.39, 0.29) is 27.7 Å². The van der Waals surface area contributed by atoms with Crippen molar-refractivity contribution in [2.24, 2.45) is 5.92 Å². The number of nitro benzene ring substituents is 1. The zero-order valence-corrected chi connectivity index (χ0v) is 19.4. The quantitative estimate of drug-likeness (QED) is 0.536. The lowest BCUT2D eigenvalue weighted by molar-refractivity contribution is -0.384. The largest absolute Gasteiger partial charge is 0.377 e. The standard InChI is InChI=1S/C21H34N4O4S/c1-15-8-10-24(11-9-15)30(28,29)17-6-7-18(19(12-17)25(26)27)22-16-13-20(2,3)23-21(4,5)14-16/h6-7,12,15-16,22-23H,8-11,13-14H2,1-5H3. The third-order valence-corrected chi connectivity index (χ3v) is 7.99. The summed E-state index contributed by atoms with van der Waals surface area (Å²) < 4.78 is 27.5. The topological polar surface area (TPSA) is 105 Å². The van der Waals surface area contributed by atoms with E-state index in [1.807, 2.05) is 0 Å². The van der Waals surface area contributed by atoms with Crippen LogP contribution >= 0.6 is 0 Å². The second kappa shape index (κ2) is 8.09. The average Bonchev–Trinajstić information content (AvgIpc) is 2.59. The normalized spacial score (nSPS) is 23.2. The summed E-state index contributed by atoms with van der Waals surface area (Å²) in [6, 6.07) is 4.27. The first-order valence-electron chi connectivity index (χ1n) is 10.6. The molecule has 30 heavy (non-hydrogen) atoms. The van der Waals surface area contributed by atoms with E-state index in [0.29, 0.717) is 24.7 Å². The van der Waals surface area contributed by atoms with Gasteiger partial charge in [0, 0.05) is 36.3 Å². The van der Waals surface area contributed by atoms with E-state index in [0.717, 1.165) is 25.7 Å². The van der Waals surface area contributed by atoms with E-state index >= 15 is 0 Å². The van der Waals surface area contributed by atoms with Gasteiger partial charge in [0.25, 0.3) is 5.69 Å². The van der Waals surface area contributed by atoms with Crippen molar-refractivity contribution in [1.29, 1.82) is 0 Å². The van der Waals surface area contributed by atoms with E-state index in [1.165, 1.54) is 16.4 Å². The van der Waals surface area contributed by atoms with E-state index < -0.39 is 14.9 Å². The van der Waals surface area contributed by atoms with Gasteiger partial charge in [-0.25, -0.2) is 8.42 Å². The molecule has 2 heterocycles. The first-order chi connectivity index (χ1) is 13.8. The fraction of sp³-hybridized carbons (Fsp3) is 0.714. The molecule has 2 saturated heterocycles. The minimum Gasteiger partial charge on any atom is -0.377 e. The molecule has 8 nitrogen and oxygen atoms in total. The van der Waals surface area contributed by atoms with E-state index in [2.05, 4.69) is 45.3 Å². The Labute approximate surface area is 179 Å². The number of anilines is 1. The Morgan fingerprint density at radius 3 is 2.23 bits per heavy atom. The lowest BCUT2D eigenvalue weighted by Gasteiger charge is -2.46.